The zero-order chi connectivity index (χ0) is 15.1. The van der Waals surface area contributed by atoms with Gasteiger partial charge in [-0.15, -0.1) is 0 Å². The second kappa shape index (κ2) is 8.42. The molecule has 1 aliphatic carbocycles. The summed E-state index contributed by atoms with van der Waals surface area (Å²) < 4.78 is 7.75. The molecule has 0 aromatic carbocycles. The van der Waals surface area contributed by atoms with Gasteiger partial charge in [0.15, 0.2) is 5.75 Å². The van der Waals surface area contributed by atoms with Gasteiger partial charge < -0.3 is 10.1 Å². The average Bonchev–Trinajstić information content (AvgIpc) is 2.72. The summed E-state index contributed by atoms with van der Waals surface area (Å²) in [7, 11) is 1.76. The Kier molecular flexibility index (Phi) is 6.55. The number of methoxy groups -OCH3 is 1. The highest BCUT2D eigenvalue weighted by molar-refractivity contribution is 5.29. The number of ether oxygens (including phenoxy) is 1. The average molecular weight is 293 g/mol. The Morgan fingerprint density at radius 1 is 1.29 bits per heavy atom. The molecule has 0 amide bonds. The maximum Gasteiger partial charge on any atom is 0.161 e. The van der Waals surface area contributed by atoms with Gasteiger partial charge in [-0.2, -0.15) is 5.10 Å². The van der Waals surface area contributed by atoms with Gasteiger partial charge in [0.1, 0.15) is 0 Å². The Balaban J connectivity index is 2.29. The van der Waals surface area contributed by atoms with Gasteiger partial charge >= 0.3 is 0 Å². The van der Waals surface area contributed by atoms with E-state index in [9.17, 15) is 0 Å². The zero-order valence-electron chi connectivity index (χ0n) is 13.9. The molecule has 4 heteroatoms. The number of hydrogen-bond donors (Lipinski definition) is 1. The fraction of sp³-hybridized carbons (Fsp3) is 0.824. The van der Waals surface area contributed by atoms with Gasteiger partial charge in [0.05, 0.1) is 25.0 Å². The van der Waals surface area contributed by atoms with Gasteiger partial charge in [-0.25, -0.2) is 0 Å². The Hall–Kier alpha value is -1.03. The summed E-state index contributed by atoms with van der Waals surface area (Å²) >= 11 is 0. The molecule has 1 aromatic rings. The van der Waals surface area contributed by atoms with E-state index in [0.29, 0.717) is 12.0 Å². The maximum atomic E-state index is 5.60. The molecule has 0 radical (unpaired) electrons. The number of aryl methyl sites for hydroxylation is 1. The first-order valence-corrected chi connectivity index (χ1v) is 8.64. The van der Waals surface area contributed by atoms with Gasteiger partial charge in [-0.1, -0.05) is 39.5 Å². The molecule has 0 saturated heterocycles. The van der Waals surface area contributed by atoms with Crippen molar-refractivity contribution >= 4 is 0 Å². The van der Waals surface area contributed by atoms with E-state index in [-0.39, 0.29) is 0 Å². The summed E-state index contributed by atoms with van der Waals surface area (Å²) in [5.41, 5.74) is 1.26. The molecule has 2 rings (SSSR count). The highest BCUT2D eigenvalue weighted by Crippen LogP contribution is 2.37. The van der Waals surface area contributed by atoms with Gasteiger partial charge in [0.25, 0.3) is 0 Å². The maximum absolute atomic E-state index is 5.60. The molecular weight excluding hydrogens is 262 g/mol. The van der Waals surface area contributed by atoms with Crippen molar-refractivity contribution in [3.8, 4) is 5.75 Å². The number of nitrogens with zero attached hydrogens (tertiary/aromatic N) is 2. The van der Waals surface area contributed by atoms with Gasteiger partial charge in [0, 0.05) is 6.54 Å². The summed E-state index contributed by atoms with van der Waals surface area (Å²) in [6, 6.07) is 0.372. The monoisotopic (exact) mass is 293 g/mol. The summed E-state index contributed by atoms with van der Waals surface area (Å²) in [6.45, 7) is 6.34. The van der Waals surface area contributed by atoms with E-state index >= 15 is 0 Å². The van der Waals surface area contributed by atoms with E-state index in [4.69, 9.17) is 4.74 Å². The summed E-state index contributed by atoms with van der Waals surface area (Å²) in [4.78, 5) is 0. The van der Waals surface area contributed by atoms with Gasteiger partial charge in [-0.05, 0) is 31.7 Å². The molecule has 21 heavy (non-hydrogen) atoms. The van der Waals surface area contributed by atoms with E-state index in [1.165, 1.54) is 44.2 Å². The third kappa shape index (κ3) is 4.00. The third-order valence-electron chi connectivity index (χ3n) is 4.59. The predicted octanol–water partition coefficient (Wildman–Crippen LogP) is 3.92. The lowest BCUT2D eigenvalue weighted by Crippen LogP contribution is -2.30. The van der Waals surface area contributed by atoms with Crippen LogP contribution < -0.4 is 10.1 Å². The quantitative estimate of drug-likeness (QED) is 0.774. The lowest BCUT2D eigenvalue weighted by atomic mass is 9.89. The van der Waals surface area contributed by atoms with Crippen LogP contribution in [0.25, 0.3) is 0 Å². The lowest BCUT2D eigenvalue weighted by molar-refractivity contribution is 0.300. The van der Waals surface area contributed by atoms with Crippen LogP contribution in [0.5, 0.6) is 5.75 Å². The molecule has 1 heterocycles. The van der Waals surface area contributed by atoms with Crippen molar-refractivity contribution in [2.45, 2.75) is 71.4 Å². The normalized spacial score (nSPS) is 18.4. The molecule has 1 aliphatic rings. The predicted molar refractivity (Wildman–Crippen MR) is 86.7 cm³/mol. The molecule has 0 spiro atoms. The van der Waals surface area contributed by atoms with Crippen molar-refractivity contribution in [1.29, 1.82) is 0 Å². The van der Waals surface area contributed by atoms with Crippen LogP contribution in [-0.4, -0.2) is 23.4 Å². The highest BCUT2D eigenvalue weighted by atomic mass is 16.5. The van der Waals surface area contributed by atoms with Crippen LogP contribution in [0.2, 0.25) is 0 Å². The van der Waals surface area contributed by atoms with Crippen molar-refractivity contribution in [1.82, 2.24) is 15.1 Å². The van der Waals surface area contributed by atoms with E-state index in [0.717, 1.165) is 25.3 Å². The molecular formula is C17H31N3O. The largest absolute Gasteiger partial charge is 0.493 e. The van der Waals surface area contributed by atoms with Crippen molar-refractivity contribution in [3.05, 3.63) is 11.9 Å². The molecule has 1 saturated carbocycles. The highest BCUT2D eigenvalue weighted by Gasteiger charge is 2.29. The first kappa shape index (κ1) is 16.3. The second-order valence-corrected chi connectivity index (χ2v) is 6.11. The Morgan fingerprint density at radius 3 is 2.57 bits per heavy atom. The minimum Gasteiger partial charge on any atom is -0.493 e. The summed E-state index contributed by atoms with van der Waals surface area (Å²) in [5, 5.41) is 8.27. The Labute approximate surface area is 129 Å². The van der Waals surface area contributed by atoms with Crippen LogP contribution in [0.3, 0.4) is 0 Å². The Bertz CT molecular complexity index is 408. The van der Waals surface area contributed by atoms with E-state index < -0.39 is 0 Å². The molecule has 0 bridgehead atoms. The number of aromatic nitrogens is 2. The van der Waals surface area contributed by atoms with Crippen LogP contribution in [0, 0.1) is 5.92 Å². The van der Waals surface area contributed by atoms with Crippen molar-refractivity contribution in [3.63, 3.8) is 0 Å². The smallest absolute Gasteiger partial charge is 0.161 e. The number of hydrogen-bond acceptors (Lipinski definition) is 3. The van der Waals surface area contributed by atoms with Crippen molar-refractivity contribution in [2.24, 2.45) is 5.92 Å². The fourth-order valence-electron chi connectivity index (χ4n) is 3.59. The molecule has 1 aromatic heterocycles. The third-order valence-corrected chi connectivity index (χ3v) is 4.59. The SMILES string of the molecule is CCCn1ncc(OC)c1C(NCC)C1CCCCCC1. The van der Waals surface area contributed by atoms with E-state index in [1.807, 2.05) is 6.20 Å². The van der Waals surface area contributed by atoms with Gasteiger partial charge in [0.2, 0.25) is 0 Å². The first-order chi connectivity index (χ1) is 10.3. The van der Waals surface area contributed by atoms with Crippen LogP contribution in [0.4, 0.5) is 0 Å². The number of rotatable bonds is 7. The van der Waals surface area contributed by atoms with Crippen molar-refractivity contribution in [2.75, 3.05) is 13.7 Å². The van der Waals surface area contributed by atoms with Crippen LogP contribution >= 0.6 is 0 Å². The molecule has 0 aliphatic heterocycles. The molecule has 1 N–H and O–H groups in total. The van der Waals surface area contributed by atoms with Crippen LogP contribution in [0.15, 0.2) is 6.20 Å². The summed E-state index contributed by atoms with van der Waals surface area (Å²) in [5.74, 6) is 1.65. The van der Waals surface area contributed by atoms with Crippen LogP contribution in [-0.2, 0) is 6.54 Å². The Morgan fingerprint density at radius 2 is 2.00 bits per heavy atom. The fourth-order valence-corrected chi connectivity index (χ4v) is 3.59. The van der Waals surface area contributed by atoms with E-state index in [2.05, 4.69) is 28.9 Å². The second-order valence-electron chi connectivity index (χ2n) is 6.11. The number of nitrogens with one attached hydrogen (secondary N) is 1. The summed E-state index contributed by atoms with van der Waals surface area (Å²) in [6.07, 6.45) is 11.1. The van der Waals surface area contributed by atoms with Crippen LogP contribution in [0.1, 0.15) is 70.5 Å². The zero-order valence-corrected chi connectivity index (χ0v) is 13.9. The standard InChI is InChI=1S/C17H31N3O/c1-4-12-20-17(15(21-3)13-19-20)16(18-5-2)14-10-8-6-7-9-11-14/h13-14,16,18H,4-12H2,1-3H3. The van der Waals surface area contributed by atoms with E-state index in [1.54, 1.807) is 7.11 Å². The first-order valence-electron chi connectivity index (χ1n) is 8.64. The lowest BCUT2D eigenvalue weighted by Gasteiger charge is -2.28. The minimum atomic E-state index is 0.372. The molecule has 1 unspecified atom stereocenters. The molecule has 120 valence electrons. The molecule has 4 nitrogen and oxygen atoms in total. The topological polar surface area (TPSA) is 39.1 Å². The van der Waals surface area contributed by atoms with Crippen molar-refractivity contribution < 1.29 is 4.74 Å². The van der Waals surface area contributed by atoms with Gasteiger partial charge in [-0.3, -0.25) is 4.68 Å². The minimum absolute atomic E-state index is 0.372. The molecule has 1 atom stereocenters. The molecule has 1 fully saturated rings.